The van der Waals surface area contributed by atoms with Gasteiger partial charge in [-0.3, -0.25) is 4.79 Å². The van der Waals surface area contributed by atoms with E-state index < -0.39 is 0 Å². The topological polar surface area (TPSA) is 83.0 Å². The van der Waals surface area contributed by atoms with Gasteiger partial charge in [0.1, 0.15) is 0 Å². The van der Waals surface area contributed by atoms with Gasteiger partial charge in [0.05, 0.1) is 17.3 Å². The lowest BCUT2D eigenvalue weighted by Gasteiger charge is -2.17. The summed E-state index contributed by atoms with van der Waals surface area (Å²) < 4.78 is 0. The molecule has 1 amide bonds. The number of carbonyl (C=O) groups is 1. The number of amides is 1. The van der Waals surface area contributed by atoms with Crippen LogP contribution >= 0.6 is 0 Å². The molecule has 0 unspecified atom stereocenters. The Hall–Kier alpha value is -2.87. The van der Waals surface area contributed by atoms with E-state index in [1.165, 1.54) is 11.1 Å². The summed E-state index contributed by atoms with van der Waals surface area (Å²) in [5.41, 5.74) is 7.51. The molecule has 1 aromatic carbocycles. The SMILES string of the molecule is CN(C(=O)c1ncccc1N)c1ccc(C#N)cc1. The highest BCUT2D eigenvalue weighted by atomic mass is 16.2. The number of anilines is 2. The van der Waals surface area contributed by atoms with E-state index in [1.54, 1.807) is 43.4 Å². The highest BCUT2D eigenvalue weighted by Crippen LogP contribution is 2.17. The van der Waals surface area contributed by atoms with Gasteiger partial charge < -0.3 is 10.6 Å². The summed E-state index contributed by atoms with van der Waals surface area (Å²) in [7, 11) is 1.64. The van der Waals surface area contributed by atoms with E-state index in [2.05, 4.69) is 4.98 Å². The molecular formula is C14H12N4O. The summed E-state index contributed by atoms with van der Waals surface area (Å²) in [6.07, 6.45) is 1.52. The van der Waals surface area contributed by atoms with E-state index in [1.807, 2.05) is 6.07 Å². The zero-order chi connectivity index (χ0) is 13.8. The molecule has 0 spiro atoms. The number of carbonyl (C=O) groups excluding carboxylic acids is 1. The Bertz CT molecular complexity index is 643. The van der Waals surface area contributed by atoms with Gasteiger partial charge in [-0.05, 0) is 36.4 Å². The van der Waals surface area contributed by atoms with Crippen LogP contribution in [0.3, 0.4) is 0 Å². The average molecular weight is 252 g/mol. The molecule has 2 rings (SSSR count). The number of hydrogen-bond acceptors (Lipinski definition) is 4. The molecule has 5 nitrogen and oxygen atoms in total. The van der Waals surface area contributed by atoms with Crippen LogP contribution in [0.2, 0.25) is 0 Å². The summed E-state index contributed by atoms with van der Waals surface area (Å²) in [5, 5.41) is 8.73. The van der Waals surface area contributed by atoms with Gasteiger partial charge in [0.15, 0.2) is 5.69 Å². The van der Waals surface area contributed by atoms with E-state index in [-0.39, 0.29) is 11.6 Å². The van der Waals surface area contributed by atoms with Crippen molar-refractivity contribution < 1.29 is 4.79 Å². The first-order valence-corrected chi connectivity index (χ1v) is 5.62. The highest BCUT2D eigenvalue weighted by molar-refractivity contribution is 6.07. The van der Waals surface area contributed by atoms with Crippen LogP contribution < -0.4 is 10.6 Å². The molecule has 0 saturated heterocycles. The van der Waals surface area contributed by atoms with Gasteiger partial charge in [-0.25, -0.2) is 4.98 Å². The number of hydrogen-bond donors (Lipinski definition) is 1. The lowest BCUT2D eigenvalue weighted by molar-refractivity contribution is 0.0989. The molecule has 94 valence electrons. The van der Waals surface area contributed by atoms with Gasteiger partial charge >= 0.3 is 0 Å². The van der Waals surface area contributed by atoms with Gasteiger partial charge in [0.2, 0.25) is 0 Å². The van der Waals surface area contributed by atoms with Crippen LogP contribution in [0.15, 0.2) is 42.6 Å². The van der Waals surface area contributed by atoms with Crippen molar-refractivity contribution in [2.24, 2.45) is 0 Å². The van der Waals surface area contributed by atoms with E-state index in [9.17, 15) is 4.79 Å². The van der Waals surface area contributed by atoms with Crippen molar-refractivity contribution in [1.82, 2.24) is 4.98 Å². The van der Waals surface area contributed by atoms with E-state index >= 15 is 0 Å². The Balaban J connectivity index is 2.29. The molecule has 0 saturated carbocycles. The third-order valence-electron chi connectivity index (χ3n) is 2.73. The Labute approximate surface area is 110 Å². The molecule has 0 aliphatic carbocycles. The summed E-state index contributed by atoms with van der Waals surface area (Å²) in [6, 6.07) is 12.0. The average Bonchev–Trinajstić information content (AvgIpc) is 2.46. The number of rotatable bonds is 2. The molecular weight excluding hydrogens is 240 g/mol. The molecule has 19 heavy (non-hydrogen) atoms. The molecule has 0 radical (unpaired) electrons. The Morgan fingerprint density at radius 3 is 2.58 bits per heavy atom. The molecule has 5 heteroatoms. The third kappa shape index (κ3) is 2.53. The number of nitrogen functional groups attached to an aromatic ring is 1. The Morgan fingerprint density at radius 1 is 1.32 bits per heavy atom. The highest BCUT2D eigenvalue weighted by Gasteiger charge is 2.17. The zero-order valence-corrected chi connectivity index (χ0v) is 10.4. The normalized spacial score (nSPS) is 9.68. The smallest absolute Gasteiger partial charge is 0.278 e. The maximum Gasteiger partial charge on any atom is 0.278 e. The number of nitrogens with zero attached hydrogens (tertiary/aromatic N) is 3. The maximum absolute atomic E-state index is 12.2. The molecule has 0 atom stereocenters. The fourth-order valence-electron chi connectivity index (χ4n) is 1.63. The Morgan fingerprint density at radius 2 is 2.00 bits per heavy atom. The summed E-state index contributed by atoms with van der Waals surface area (Å²) >= 11 is 0. The number of nitrogens with two attached hydrogens (primary N) is 1. The second-order valence-electron chi connectivity index (χ2n) is 3.96. The molecule has 0 bridgehead atoms. The molecule has 0 aliphatic heterocycles. The van der Waals surface area contributed by atoms with Crippen LogP contribution in [0.25, 0.3) is 0 Å². The second-order valence-corrected chi connectivity index (χ2v) is 3.96. The van der Waals surface area contributed by atoms with Crippen molar-refractivity contribution in [3.05, 3.63) is 53.9 Å². The molecule has 2 N–H and O–H groups in total. The predicted octanol–water partition coefficient (Wildman–Crippen LogP) is 1.81. The van der Waals surface area contributed by atoms with Crippen molar-refractivity contribution in [2.45, 2.75) is 0 Å². The Kier molecular flexibility index (Phi) is 3.44. The van der Waals surface area contributed by atoms with Crippen molar-refractivity contribution in [2.75, 3.05) is 17.7 Å². The molecule has 1 heterocycles. The minimum absolute atomic E-state index is 0.217. The monoisotopic (exact) mass is 252 g/mol. The predicted molar refractivity (Wildman–Crippen MR) is 72.5 cm³/mol. The van der Waals surface area contributed by atoms with Crippen LogP contribution in [-0.4, -0.2) is 17.9 Å². The largest absolute Gasteiger partial charge is 0.397 e. The van der Waals surface area contributed by atoms with Crippen LogP contribution in [-0.2, 0) is 0 Å². The van der Waals surface area contributed by atoms with Crippen molar-refractivity contribution >= 4 is 17.3 Å². The van der Waals surface area contributed by atoms with Crippen LogP contribution in [0.5, 0.6) is 0 Å². The van der Waals surface area contributed by atoms with Gasteiger partial charge in [-0.1, -0.05) is 0 Å². The zero-order valence-electron chi connectivity index (χ0n) is 10.4. The number of aromatic nitrogens is 1. The first-order valence-electron chi connectivity index (χ1n) is 5.62. The third-order valence-corrected chi connectivity index (χ3v) is 2.73. The van der Waals surface area contributed by atoms with Gasteiger partial charge in [0.25, 0.3) is 5.91 Å². The first-order chi connectivity index (χ1) is 9.13. The lowest BCUT2D eigenvalue weighted by atomic mass is 10.2. The van der Waals surface area contributed by atoms with Gasteiger partial charge in [0, 0.05) is 18.9 Å². The van der Waals surface area contributed by atoms with Gasteiger partial charge in [-0.2, -0.15) is 5.26 Å². The maximum atomic E-state index is 12.2. The molecule has 0 aliphatic rings. The van der Waals surface area contributed by atoms with Crippen molar-refractivity contribution in [3.63, 3.8) is 0 Å². The van der Waals surface area contributed by atoms with Gasteiger partial charge in [-0.15, -0.1) is 0 Å². The fraction of sp³-hybridized carbons (Fsp3) is 0.0714. The number of pyridine rings is 1. The second kappa shape index (κ2) is 5.19. The first kappa shape index (κ1) is 12.6. The lowest BCUT2D eigenvalue weighted by Crippen LogP contribution is -2.27. The number of nitriles is 1. The molecule has 0 fully saturated rings. The summed E-state index contributed by atoms with van der Waals surface area (Å²) in [4.78, 5) is 17.7. The minimum atomic E-state index is -0.289. The fourth-order valence-corrected chi connectivity index (χ4v) is 1.63. The van der Waals surface area contributed by atoms with E-state index in [0.717, 1.165) is 0 Å². The van der Waals surface area contributed by atoms with Crippen molar-refractivity contribution in [3.8, 4) is 6.07 Å². The van der Waals surface area contributed by atoms with Crippen molar-refractivity contribution in [1.29, 1.82) is 5.26 Å². The van der Waals surface area contributed by atoms with Crippen LogP contribution in [0.4, 0.5) is 11.4 Å². The van der Waals surface area contributed by atoms with E-state index in [0.29, 0.717) is 16.9 Å². The van der Waals surface area contributed by atoms with E-state index in [4.69, 9.17) is 11.0 Å². The standard InChI is InChI=1S/C14H12N4O/c1-18(11-6-4-10(9-15)5-7-11)14(19)13-12(16)3-2-8-17-13/h2-8H,16H2,1H3. The molecule has 1 aromatic heterocycles. The quantitative estimate of drug-likeness (QED) is 0.883. The van der Waals surface area contributed by atoms with Crippen LogP contribution in [0, 0.1) is 11.3 Å². The minimum Gasteiger partial charge on any atom is -0.397 e. The van der Waals surface area contributed by atoms with Crippen LogP contribution in [0.1, 0.15) is 16.1 Å². The molecule has 2 aromatic rings. The number of benzene rings is 1. The summed E-state index contributed by atoms with van der Waals surface area (Å²) in [5.74, 6) is -0.289. The summed E-state index contributed by atoms with van der Waals surface area (Å²) in [6.45, 7) is 0.